The number of rotatable bonds is 10. The first kappa shape index (κ1) is 21.1. The lowest BCUT2D eigenvalue weighted by molar-refractivity contribution is -0.168. The molecule has 0 saturated heterocycles. The smallest absolute Gasteiger partial charge is 0.308 e. The Hall–Kier alpha value is -2.90. The van der Waals surface area contributed by atoms with E-state index in [1.165, 1.54) is 0 Å². The van der Waals surface area contributed by atoms with Gasteiger partial charge in [-0.15, -0.1) is 0 Å². The largest absolute Gasteiger partial charge is 0.481 e. The SMILES string of the molecule is CCC(c1ccccc1)C(C(=O)O)C(C(=O)O)C(C(=O)O)C(C)C(=O)O. The summed E-state index contributed by atoms with van der Waals surface area (Å²) >= 11 is 0. The van der Waals surface area contributed by atoms with Crippen LogP contribution in [0.3, 0.4) is 0 Å². The van der Waals surface area contributed by atoms with Crippen molar-refractivity contribution in [3.05, 3.63) is 35.9 Å². The zero-order chi connectivity index (χ0) is 20.0. The molecule has 0 bridgehead atoms. The van der Waals surface area contributed by atoms with Crippen LogP contribution in [0.25, 0.3) is 0 Å². The highest BCUT2D eigenvalue weighted by molar-refractivity contribution is 5.88. The quantitative estimate of drug-likeness (QED) is 0.491. The Morgan fingerprint density at radius 1 is 0.769 bits per heavy atom. The van der Waals surface area contributed by atoms with Crippen LogP contribution >= 0.6 is 0 Å². The maximum absolute atomic E-state index is 11.9. The van der Waals surface area contributed by atoms with Gasteiger partial charge in [0.15, 0.2) is 0 Å². The average Bonchev–Trinajstić information content (AvgIpc) is 2.57. The van der Waals surface area contributed by atoms with E-state index in [0.29, 0.717) is 5.56 Å². The normalized spacial score (nSPS) is 16.7. The number of aliphatic carboxylic acids is 4. The standard InChI is InChI=1S/C18H22O8/c1-3-11(10-7-5-4-6-8-10)13(17(23)24)14(18(25)26)12(16(21)22)9(2)15(19)20/h4-9,11-14H,3H2,1-2H3,(H,19,20)(H,21,22)(H,23,24)(H,25,26). The van der Waals surface area contributed by atoms with Gasteiger partial charge < -0.3 is 20.4 Å². The molecule has 1 aromatic carbocycles. The van der Waals surface area contributed by atoms with Gasteiger partial charge in [-0.1, -0.05) is 44.2 Å². The third-order valence-electron chi connectivity index (χ3n) is 4.66. The Labute approximate surface area is 150 Å². The van der Waals surface area contributed by atoms with Gasteiger partial charge in [0.1, 0.15) is 0 Å². The molecule has 0 fully saturated rings. The van der Waals surface area contributed by atoms with Gasteiger partial charge in [-0.3, -0.25) is 19.2 Å². The Morgan fingerprint density at radius 3 is 1.58 bits per heavy atom. The lowest BCUT2D eigenvalue weighted by atomic mass is 9.68. The third-order valence-corrected chi connectivity index (χ3v) is 4.66. The molecule has 142 valence electrons. The number of hydrogen-bond acceptors (Lipinski definition) is 4. The molecule has 4 N–H and O–H groups in total. The number of carboxylic acids is 4. The van der Waals surface area contributed by atoms with Crippen molar-refractivity contribution in [3.63, 3.8) is 0 Å². The molecule has 0 heterocycles. The molecule has 1 aromatic rings. The van der Waals surface area contributed by atoms with Crippen molar-refractivity contribution < 1.29 is 39.6 Å². The van der Waals surface area contributed by atoms with Crippen molar-refractivity contribution in [1.29, 1.82) is 0 Å². The van der Waals surface area contributed by atoms with Gasteiger partial charge in [-0.2, -0.15) is 0 Å². The average molecular weight is 366 g/mol. The first-order valence-electron chi connectivity index (χ1n) is 8.09. The molecular weight excluding hydrogens is 344 g/mol. The molecule has 8 nitrogen and oxygen atoms in total. The van der Waals surface area contributed by atoms with E-state index in [1.807, 2.05) is 0 Å². The number of benzene rings is 1. The summed E-state index contributed by atoms with van der Waals surface area (Å²) in [4.78, 5) is 46.7. The van der Waals surface area contributed by atoms with Gasteiger partial charge in [-0.05, 0) is 17.9 Å². The molecule has 0 aliphatic rings. The van der Waals surface area contributed by atoms with Crippen molar-refractivity contribution in [2.75, 3.05) is 0 Å². The maximum Gasteiger partial charge on any atom is 0.308 e. The monoisotopic (exact) mass is 366 g/mol. The van der Waals surface area contributed by atoms with E-state index in [9.17, 15) is 34.5 Å². The molecule has 0 amide bonds. The maximum atomic E-state index is 11.9. The second-order valence-electron chi connectivity index (χ2n) is 6.14. The topological polar surface area (TPSA) is 149 Å². The summed E-state index contributed by atoms with van der Waals surface area (Å²) in [7, 11) is 0. The summed E-state index contributed by atoms with van der Waals surface area (Å²) < 4.78 is 0. The summed E-state index contributed by atoms with van der Waals surface area (Å²) in [6, 6.07) is 8.33. The van der Waals surface area contributed by atoms with Gasteiger partial charge in [-0.25, -0.2) is 0 Å². The van der Waals surface area contributed by atoms with E-state index < -0.39 is 53.5 Å². The van der Waals surface area contributed by atoms with Crippen LogP contribution in [0.2, 0.25) is 0 Å². The van der Waals surface area contributed by atoms with Gasteiger partial charge in [0.05, 0.1) is 23.7 Å². The van der Waals surface area contributed by atoms with E-state index in [2.05, 4.69) is 0 Å². The number of carbonyl (C=O) groups is 4. The zero-order valence-corrected chi connectivity index (χ0v) is 14.4. The minimum atomic E-state index is -1.90. The molecule has 0 radical (unpaired) electrons. The first-order valence-corrected chi connectivity index (χ1v) is 8.09. The molecular formula is C18H22O8. The molecule has 0 saturated carbocycles. The predicted octanol–water partition coefficient (Wildman–Crippen LogP) is 2.00. The van der Waals surface area contributed by atoms with Crippen LogP contribution in [0.4, 0.5) is 0 Å². The lowest BCUT2D eigenvalue weighted by Crippen LogP contribution is -2.45. The fourth-order valence-corrected chi connectivity index (χ4v) is 3.34. The summed E-state index contributed by atoms with van der Waals surface area (Å²) in [5.41, 5.74) is 0.556. The van der Waals surface area contributed by atoms with E-state index in [4.69, 9.17) is 5.11 Å². The van der Waals surface area contributed by atoms with Crippen molar-refractivity contribution in [2.45, 2.75) is 26.2 Å². The fourth-order valence-electron chi connectivity index (χ4n) is 3.34. The van der Waals surface area contributed by atoms with E-state index in [0.717, 1.165) is 6.92 Å². The molecule has 0 aromatic heterocycles. The molecule has 5 atom stereocenters. The summed E-state index contributed by atoms with van der Waals surface area (Å²) in [6.07, 6.45) is 0.249. The minimum absolute atomic E-state index is 0.249. The molecule has 0 spiro atoms. The first-order chi connectivity index (χ1) is 12.1. The van der Waals surface area contributed by atoms with E-state index in [1.54, 1.807) is 37.3 Å². The minimum Gasteiger partial charge on any atom is -0.481 e. The number of carboxylic acid groups (broad SMARTS) is 4. The summed E-state index contributed by atoms with van der Waals surface area (Å²) in [6.45, 7) is 2.74. The Balaban J connectivity index is 3.52. The van der Waals surface area contributed by atoms with Crippen molar-refractivity contribution in [3.8, 4) is 0 Å². The highest BCUT2D eigenvalue weighted by atomic mass is 16.4. The molecule has 8 heteroatoms. The van der Waals surface area contributed by atoms with E-state index in [-0.39, 0.29) is 6.42 Å². The van der Waals surface area contributed by atoms with Crippen LogP contribution in [-0.2, 0) is 19.2 Å². The highest BCUT2D eigenvalue weighted by Gasteiger charge is 2.50. The molecule has 0 aliphatic heterocycles. The fraction of sp³-hybridized carbons (Fsp3) is 0.444. The molecule has 5 unspecified atom stereocenters. The van der Waals surface area contributed by atoms with Crippen LogP contribution in [0, 0.1) is 23.7 Å². The highest BCUT2D eigenvalue weighted by Crippen LogP contribution is 2.39. The Kier molecular flexibility index (Phi) is 7.30. The van der Waals surface area contributed by atoms with Crippen LogP contribution < -0.4 is 0 Å². The Bertz CT molecular complexity index is 669. The molecule has 26 heavy (non-hydrogen) atoms. The lowest BCUT2D eigenvalue weighted by Gasteiger charge is -2.33. The summed E-state index contributed by atoms with van der Waals surface area (Å²) in [5, 5.41) is 37.9. The summed E-state index contributed by atoms with van der Waals surface area (Å²) in [5.74, 6) is -14.0. The molecule has 0 aliphatic carbocycles. The van der Waals surface area contributed by atoms with Gasteiger partial charge in [0, 0.05) is 0 Å². The van der Waals surface area contributed by atoms with Crippen LogP contribution in [0.5, 0.6) is 0 Å². The second kappa shape index (κ2) is 8.98. The van der Waals surface area contributed by atoms with Gasteiger partial charge >= 0.3 is 23.9 Å². The van der Waals surface area contributed by atoms with Crippen LogP contribution in [0.1, 0.15) is 31.7 Å². The second-order valence-corrected chi connectivity index (χ2v) is 6.14. The third kappa shape index (κ3) is 4.59. The van der Waals surface area contributed by atoms with Crippen molar-refractivity contribution >= 4 is 23.9 Å². The number of hydrogen-bond donors (Lipinski definition) is 4. The zero-order valence-electron chi connectivity index (χ0n) is 14.4. The Morgan fingerprint density at radius 2 is 1.23 bits per heavy atom. The van der Waals surface area contributed by atoms with Crippen LogP contribution in [-0.4, -0.2) is 44.3 Å². The molecule has 1 rings (SSSR count). The van der Waals surface area contributed by atoms with Crippen LogP contribution in [0.15, 0.2) is 30.3 Å². The van der Waals surface area contributed by atoms with Crippen molar-refractivity contribution in [1.82, 2.24) is 0 Å². The van der Waals surface area contributed by atoms with Crippen molar-refractivity contribution in [2.24, 2.45) is 23.7 Å². The van der Waals surface area contributed by atoms with E-state index >= 15 is 0 Å². The van der Waals surface area contributed by atoms with Gasteiger partial charge in [0.2, 0.25) is 0 Å². The van der Waals surface area contributed by atoms with Gasteiger partial charge in [0.25, 0.3) is 0 Å². The predicted molar refractivity (Wildman–Crippen MR) is 89.7 cm³/mol.